The van der Waals surface area contributed by atoms with Crippen molar-refractivity contribution in [2.24, 2.45) is 0 Å². The average molecular weight is 355 g/mol. The van der Waals surface area contributed by atoms with Gasteiger partial charge in [-0.25, -0.2) is 8.42 Å². The first-order chi connectivity index (χ1) is 9.45. The molecule has 0 aliphatic rings. The van der Waals surface area contributed by atoms with E-state index in [0.29, 0.717) is 6.54 Å². The van der Waals surface area contributed by atoms with E-state index in [4.69, 9.17) is 0 Å². The Morgan fingerprint density at radius 3 is 2.35 bits per heavy atom. The molecule has 4 nitrogen and oxygen atoms in total. The second-order valence-electron chi connectivity index (χ2n) is 4.48. The number of aromatic nitrogens is 1. The highest BCUT2D eigenvalue weighted by Crippen LogP contribution is 2.15. The number of hydrogen-bond donors (Lipinski definition) is 0. The first-order valence-electron chi connectivity index (χ1n) is 6.04. The van der Waals surface area contributed by atoms with Crippen molar-refractivity contribution in [2.45, 2.75) is 13.1 Å². The SMILES string of the molecule is CS(=O)(=O)N(Cc1ccc(Br)cc1)Cc1ccccn1. The van der Waals surface area contributed by atoms with Crippen molar-refractivity contribution in [2.75, 3.05) is 6.26 Å². The van der Waals surface area contributed by atoms with Gasteiger partial charge in [-0.15, -0.1) is 0 Å². The van der Waals surface area contributed by atoms with E-state index in [1.807, 2.05) is 42.5 Å². The van der Waals surface area contributed by atoms with E-state index in [2.05, 4.69) is 20.9 Å². The Labute approximate surface area is 127 Å². The van der Waals surface area contributed by atoms with Crippen molar-refractivity contribution in [1.82, 2.24) is 9.29 Å². The van der Waals surface area contributed by atoms with Crippen molar-refractivity contribution in [3.8, 4) is 0 Å². The molecule has 20 heavy (non-hydrogen) atoms. The molecule has 1 aromatic heterocycles. The van der Waals surface area contributed by atoms with Gasteiger partial charge in [0, 0.05) is 17.2 Å². The Morgan fingerprint density at radius 2 is 1.80 bits per heavy atom. The molecule has 1 aromatic carbocycles. The maximum absolute atomic E-state index is 11.9. The maximum Gasteiger partial charge on any atom is 0.211 e. The lowest BCUT2D eigenvalue weighted by Crippen LogP contribution is -2.29. The topological polar surface area (TPSA) is 50.3 Å². The van der Waals surface area contributed by atoms with Crippen LogP contribution in [0.2, 0.25) is 0 Å². The fraction of sp³-hybridized carbons (Fsp3) is 0.214. The maximum atomic E-state index is 11.9. The predicted octanol–water partition coefficient (Wildman–Crippen LogP) is 2.81. The zero-order valence-electron chi connectivity index (χ0n) is 11.0. The van der Waals surface area contributed by atoms with Crippen LogP contribution in [0, 0.1) is 0 Å². The molecule has 0 saturated heterocycles. The van der Waals surface area contributed by atoms with Crippen LogP contribution in [0.25, 0.3) is 0 Å². The lowest BCUT2D eigenvalue weighted by Gasteiger charge is -2.19. The highest BCUT2D eigenvalue weighted by molar-refractivity contribution is 9.10. The number of hydrogen-bond acceptors (Lipinski definition) is 3. The Hall–Kier alpha value is -1.24. The summed E-state index contributed by atoms with van der Waals surface area (Å²) < 4.78 is 26.2. The van der Waals surface area contributed by atoms with Gasteiger partial charge in [0.2, 0.25) is 10.0 Å². The monoisotopic (exact) mass is 354 g/mol. The standard InChI is InChI=1S/C14H15BrN2O2S/c1-20(18,19)17(11-14-4-2-3-9-16-14)10-12-5-7-13(15)8-6-12/h2-9H,10-11H2,1H3. The number of halogens is 1. The van der Waals surface area contributed by atoms with Gasteiger partial charge in [0.15, 0.2) is 0 Å². The van der Waals surface area contributed by atoms with Crippen molar-refractivity contribution >= 4 is 26.0 Å². The molecule has 0 fully saturated rings. The molecule has 0 N–H and O–H groups in total. The van der Waals surface area contributed by atoms with Gasteiger partial charge in [0.1, 0.15) is 0 Å². The van der Waals surface area contributed by atoms with Gasteiger partial charge in [-0.05, 0) is 29.8 Å². The van der Waals surface area contributed by atoms with Crippen molar-refractivity contribution in [3.05, 3.63) is 64.4 Å². The molecule has 6 heteroatoms. The lowest BCUT2D eigenvalue weighted by atomic mass is 10.2. The van der Waals surface area contributed by atoms with Crippen LogP contribution < -0.4 is 0 Å². The van der Waals surface area contributed by atoms with E-state index in [9.17, 15) is 8.42 Å². The summed E-state index contributed by atoms with van der Waals surface area (Å²) >= 11 is 3.36. The summed E-state index contributed by atoms with van der Waals surface area (Å²) in [4.78, 5) is 4.17. The summed E-state index contributed by atoms with van der Waals surface area (Å²) in [6, 6.07) is 13.1. The molecule has 0 saturated carbocycles. The van der Waals surface area contributed by atoms with Crippen LogP contribution in [0.3, 0.4) is 0 Å². The second kappa shape index (κ2) is 6.47. The van der Waals surface area contributed by atoms with Crippen LogP contribution in [0.5, 0.6) is 0 Å². The smallest absolute Gasteiger partial charge is 0.211 e. The van der Waals surface area contributed by atoms with Crippen LogP contribution in [-0.4, -0.2) is 24.0 Å². The average Bonchev–Trinajstić information content (AvgIpc) is 2.40. The Balaban J connectivity index is 2.19. The first-order valence-corrected chi connectivity index (χ1v) is 8.69. The second-order valence-corrected chi connectivity index (χ2v) is 7.38. The minimum atomic E-state index is -3.29. The van der Waals surface area contributed by atoms with Crippen LogP contribution >= 0.6 is 15.9 Å². The summed E-state index contributed by atoms with van der Waals surface area (Å²) in [5.41, 5.74) is 1.67. The number of sulfonamides is 1. The van der Waals surface area contributed by atoms with Crippen LogP contribution in [0.4, 0.5) is 0 Å². The van der Waals surface area contributed by atoms with Crippen molar-refractivity contribution in [3.63, 3.8) is 0 Å². The quantitative estimate of drug-likeness (QED) is 0.829. The van der Waals surface area contributed by atoms with Gasteiger partial charge in [-0.3, -0.25) is 4.98 Å². The molecule has 0 aliphatic carbocycles. The van der Waals surface area contributed by atoms with Gasteiger partial charge in [0.25, 0.3) is 0 Å². The molecular weight excluding hydrogens is 340 g/mol. The van der Waals surface area contributed by atoms with Crippen LogP contribution in [0.15, 0.2) is 53.1 Å². The normalized spacial score (nSPS) is 11.8. The van der Waals surface area contributed by atoms with Gasteiger partial charge < -0.3 is 0 Å². The van der Waals surface area contributed by atoms with E-state index in [1.165, 1.54) is 10.6 Å². The molecule has 2 rings (SSSR count). The molecule has 106 valence electrons. The molecular formula is C14H15BrN2O2S. The lowest BCUT2D eigenvalue weighted by molar-refractivity contribution is 0.401. The third-order valence-corrected chi connectivity index (χ3v) is 4.53. The third kappa shape index (κ3) is 4.40. The molecule has 0 bridgehead atoms. The number of nitrogens with zero attached hydrogens (tertiary/aromatic N) is 2. The van der Waals surface area contributed by atoms with Crippen LogP contribution in [-0.2, 0) is 23.1 Å². The van der Waals surface area contributed by atoms with Crippen molar-refractivity contribution < 1.29 is 8.42 Å². The minimum absolute atomic E-state index is 0.274. The number of rotatable bonds is 5. The largest absolute Gasteiger partial charge is 0.260 e. The zero-order chi connectivity index (χ0) is 14.6. The molecule has 0 spiro atoms. The van der Waals surface area contributed by atoms with Gasteiger partial charge in [0.05, 0.1) is 18.5 Å². The number of pyridine rings is 1. The van der Waals surface area contributed by atoms with Crippen molar-refractivity contribution in [1.29, 1.82) is 0 Å². The molecule has 2 aromatic rings. The van der Waals surface area contributed by atoms with Crippen LogP contribution in [0.1, 0.15) is 11.3 Å². The first kappa shape index (κ1) is 15.2. The summed E-state index contributed by atoms with van der Waals surface area (Å²) in [6.45, 7) is 0.610. The molecule has 0 aliphatic heterocycles. The van der Waals surface area contributed by atoms with E-state index in [1.54, 1.807) is 6.20 Å². The van der Waals surface area contributed by atoms with Gasteiger partial charge in [-0.2, -0.15) is 4.31 Å². The zero-order valence-corrected chi connectivity index (χ0v) is 13.4. The summed E-state index contributed by atoms with van der Waals surface area (Å²) in [5.74, 6) is 0. The third-order valence-electron chi connectivity index (χ3n) is 2.81. The number of benzene rings is 1. The highest BCUT2D eigenvalue weighted by Gasteiger charge is 2.17. The molecule has 0 unspecified atom stereocenters. The highest BCUT2D eigenvalue weighted by atomic mass is 79.9. The minimum Gasteiger partial charge on any atom is -0.260 e. The van der Waals surface area contributed by atoms with Gasteiger partial charge in [-0.1, -0.05) is 34.1 Å². The fourth-order valence-corrected chi connectivity index (χ4v) is 2.77. The van der Waals surface area contributed by atoms with E-state index in [0.717, 1.165) is 15.7 Å². The fourth-order valence-electron chi connectivity index (χ4n) is 1.76. The molecule has 0 atom stereocenters. The molecule has 0 radical (unpaired) electrons. The Morgan fingerprint density at radius 1 is 1.10 bits per heavy atom. The van der Waals surface area contributed by atoms with E-state index < -0.39 is 10.0 Å². The summed E-state index contributed by atoms with van der Waals surface area (Å²) in [5, 5.41) is 0. The Kier molecular flexibility index (Phi) is 4.91. The molecule has 0 amide bonds. The van der Waals surface area contributed by atoms with E-state index in [-0.39, 0.29) is 6.54 Å². The summed E-state index contributed by atoms with van der Waals surface area (Å²) in [7, 11) is -3.29. The van der Waals surface area contributed by atoms with E-state index >= 15 is 0 Å². The van der Waals surface area contributed by atoms with Gasteiger partial charge >= 0.3 is 0 Å². The summed E-state index contributed by atoms with van der Waals surface area (Å²) in [6.07, 6.45) is 2.88. The molecule has 1 heterocycles. The Bertz CT molecular complexity index is 657. The predicted molar refractivity (Wildman–Crippen MR) is 82.5 cm³/mol.